The third-order valence-corrected chi connectivity index (χ3v) is 6.21. The van der Waals surface area contributed by atoms with E-state index >= 15 is 0 Å². The summed E-state index contributed by atoms with van der Waals surface area (Å²) >= 11 is 5.96. The molecule has 4 nitrogen and oxygen atoms in total. The van der Waals surface area contributed by atoms with Crippen LogP contribution < -0.4 is 9.04 Å². The fourth-order valence-corrected chi connectivity index (χ4v) is 4.28. The van der Waals surface area contributed by atoms with Crippen LogP contribution in [-0.2, 0) is 16.6 Å². The van der Waals surface area contributed by atoms with Crippen molar-refractivity contribution >= 4 is 27.3 Å². The van der Waals surface area contributed by atoms with Crippen molar-refractivity contribution in [1.82, 2.24) is 0 Å². The Balaban J connectivity index is 2.07. The van der Waals surface area contributed by atoms with Gasteiger partial charge in [0.15, 0.2) is 0 Å². The van der Waals surface area contributed by atoms with E-state index in [1.807, 2.05) is 43.3 Å². The molecule has 0 heterocycles. The predicted octanol–water partition coefficient (Wildman–Crippen LogP) is 5.05. The summed E-state index contributed by atoms with van der Waals surface area (Å²) in [5.74, 6) is 0.492. The van der Waals surface area contributed by atoms with Gasteiger partial charge in [0.25, 0.3) is 10.0 Å². The summed E-state index contributed by atoms with van der Waals surface area (Å²) in [6, 6.07) is 21.0. The zero-order valence-electron chi connectivity index (χ0n) is 15.1. The summed E-state index contributed by atoms with van der Waals surface area (Å²) in [5.41, 5.74) is 2.49. The molecule has 0 amide bonds. The van der Waals surface area contributed by atoms with Gasteiger partial charge in [-0.1, -0.05) is 47.5 Å². The molecule has 0 aliphatic rings. The summed E-state index contributed by atoms with van der Waals surface area (Å²) in [4.78, 5) is 0.177. The standard InChI is InChI=1S/C21H20ClNO3S/c1-16-6-12-19(13-7-16)23(15-17-8-10-18(22)11-9-17)27(24,25)21-5-3-4-20(14-21)26-2/h3-14H,15H2,1-2H3. The van der Waals surface area contributed by atoms with Gasteiger partial charge in [0, 0.05) is 11.1 Å². The van der Waals surface area contributed by atoms with Crippen LogP contribution in [0.5, 0.6) is 5.75 Å². The third-order valence-electron chi connectivity index (χ3n) is 4.19. The van der Waals surface area contributed by atoms with Crippen molar-refractivity contribution in [3.8, 4) is 5.75 Å². The molecule has 3 aromatic rings. The van der Waals surface area contributed by atoms with Gasteiger partial charge in [-0.3, -0.25) is 4.31 Å². The zero-order valence-corrected chi connectivity index (χ0v) is 16.7. The number of sulfonamides is 1. The Kier molecular flexibility index (Phi) is 5.73. The van der Waals surface area contributed by atoms with Gasteiger partial charge in [0.2, 0.25) is 0 Å². The van der Waals surface area contributed by atoms with Crippen LogP contribution >= 0.6 is 11.6 Å². The number of nitrogens with zero attached hydrogens (tertiary/aromatic N) is 1. The van der Waals surface area contributed by atoms with Crippen molar-refractivity contribution in [2.45, 2.75) is 18.4 Å². The molecule has 0 atom stereocenters. The molecular weight excluding hydrogens is 382 g/mol. The summed E-state index contributed by atoms with van der Waals surface area (Å²) in [5, 5.41) is 0.608. The Morgan fingerprint density at radius 1 is 0.963 bits per heavy atom. The third kappa shape index (κ3) is 4.43. The maximum absolute atomic E-state index is 13.4. The van der Waals surface area contributed by atoms with Crippen LogP contribution in [-0.4, -0.2) is 15.5 Å². The van der Waals surface area contributed by atoms with E-state index in [2.05, 4.69) is 0 Å². The number of aryl methyl sites for hydroxylation is 1. The van der Waals surface area contributed by atoms with Crippen molar-refractivity contribution in [3.05, 3.63) is 88.9 Å². The molecule has 0 unspecified atom stereocenters. The lowest BCUT2D eigenvalue weighted by Gasteiger charge is -2.25. The number of ether oxygens (including phenoxy) is 1. The Morgan fingerprint density at radius 2 is 1.63 bits per heavy atom. The van der Waals surface area contributed by atoms with Crippen molar-refractivity contribution in [2.75, 3.05) is 11.4 Å². The van der Waals surface area contributed by atoms with Crippen molar-refractivity contribution in [3.63, 3.8) is 0 Å². The summed E-state index contributed by atoms with van der Waals surface area (Å²) < 4.78 is 33.4. The normalized spacial score (nSPS) is 11.2. The number of methoxy groups -OCH3 is 1. The van der Waals surface area contributed by atoms with Crippen LogP contribution in [0, 0.1) is 6.92 Å². The quantitative estimate of drug-likeness (QED) is 0.580. The van der Waals surface area contributed by atoms with Crippen LogP contribution in [0.2, 0.25) is 5.02 Å². The molecule has 6 heteroatoms. The second-order valence-corrected chi connectivity index (χ2v) is 8.45. The Bertz CT molecular complexity index is 1020. The van der Waals surface area contributed by atoms with Gasteiger partial charge in [0.05, 0.1) is 24.2 Å². The number of rotatable bonds is 6. The highest BCUT2D eigenvalue weighted by atomic mass is 35.5. The van der Waals surface area contributed by atoms with Crippen molar-refractivity contribution < 1.29 is 13.2 Å². The fraction of sp³-hybridized carbons (Fsp3) is 0.143. The monoisotopic (exact) mass is 401 g/mol. The highest BCUT2D eigenvalue weighted by Gasteiger charge is 2.25. The Labute approximate surface area is 165 Å². The number of benzene rings is 3. The molecule has 140 valence electrons. The molecule has 0 aliphatic carbocycles. The van der Waals surface area contributed by atoms with Crippen molar-refractivity contribution in [2.24, 2.45) is 0 Å². The molecule has 0 fully saturated rings. The van der Waals surface area contributed by atoms with E-state index in [1.165, 1.54) is 17.5 Å². The molecule has 0 radical (unpaired) electrons. The van der Waals surface area contributed by atoms with E-state index in [1.54, 1.807) is 30.3 Å². The molecular formula is C21H20ClNO3S. The first kappa shape index (κ1) is 19.3. The molecule has 0 bridgehead atoms. The first-order chi connectivity index (χ1) is 12.9. The highest BCUT2D eigenvalue weighted by Crippen LogP contribution is 2.28. The molecule has 0 saturated heterocycles. The van der Waals surface area contributed by atoms with E-state index in [0.29, 0.717) is 16.5 Å². The molecule has 27 heavy (non-hydrogen) atoms. The van der Waals surface area contributed by atoms with Crippen LogP contribution in [0.15, 0.2) is 77.7 Å². The summed E-state index contributed by atoms with van der Waals surface area (Å²) in [7, 11) is -2.28. The van der Waals surface area contributed by atoms with Crippen LogP contribution in [0.3, 0.4) is 0 Å². The first-order valence-electron chi connectivity index (χ1n) is 8.38. The van der Waals surface area contributed by atoms with E-state index in [4.69, 9.17) is 16.3 Å². The van der Waals surface area contributed by atoms with E-state index in [-0.39, 0.29) is 11.4 Å². The topological polar surface area (TPSA) is 46.6 Å². The molecule has 0 aliphatic heterocycles. The molecule has 0 spiro atoms. The SMILES string of the molecule is COc1cccc(S(=O)(=O)N(Cc2ccc(Cl)cc2)c2ccc(C)cc2)c1. The van der Waals surface area contributed by atoms with E-state index < -0.39 is 10.0 Å². The number of halogens is 1. The van der Waals surface area contributed by atoms with Gasteiger partial charge in [-0.15, -0.1) is 0 Å². The minimum Gasteiger partial charge on any atom is -0.497 e. The Hall–Kier alpha value is -2.50. The number of hydrogen-bond acceptors (Lipinski definition) is 3. The second-order valence-electron chi connectivity index (χ2n) is 6.15. The highest BCUT2D eigenvalue weighted by molar-refractivity contribution is 7.92. The zero-order chi connectivity index (χ0) is 19.4. The van der Waals surface area contributed by atoms with Gasteiger partial charge in [0.1, 0.15) is 5.75 Å². The molecule has 0 aromatic heterocycles. The van der Waals surface area contributed by atoms with Gasteiger partial charge in [-0.2, -0.15) is 0 Å². The van der Waals surface area contributed by atoms with Gasteiger partial charge in [-0.05, 0) is 48.9 Å². The van der Waals surface area contributed by atoms with Gasteiger partial charge >= 0.3 is 0 Å². The van der Waals surface area contributed by atoms with Gasteiger partial charge in [-0.25, -0.2) is 8.42 Å². The summed E-state index contributed by atoms with van der Waals surface area (Å²) in [6.07, 6.45) is 0. The van der Waals surface area contributed by atoms with E-state index in [9.17, 15) is 8.42 Å². The average molecular weight is 402 g/mol. The average Bonchev–Trinajstić information content (AvgIpc) is 2.68. The minimum atomic E-state index is -3.79. The minimum absolute atomic E-state index is 0.177. The smallest absolute Gasteiger partial charge is 0.264 e. The largest absolute Gasteiger partial charge is 0.497 e. The van der Waals surface area contributed by atoms with E-state index in [0.717, 1.165) is 11.1 Å². The first-order valence-corrected chi connectivity index (χ1v) is 10.2. The molecule has 0 N–H and O–H groups in total. The maximum atomic E-state index is 13.4. The Morgan fingerprint density at radius 3 is 2.26 bits per heavy atom. The lowest BCUT2D eigenvalue weighted by Crippen LogP contribution is -2.30. The lowest BCUT2D eigenvalue weighted by molar-refractivity contribution is 0.413. The van der Waals surface area contributed by atoms with Crippen molar-refractivity contribution in [1.29, 1.82) is 0 Å². The fourth-order valence-electron chi connectivity index (χ4n) is 2.67. The number of hydrogen-bond donors (Lipinski definition) is 0. The molecule has 3 aromatic carbocycles. The maximum Gasteiger partial charge on any atom is 0.264 e. The second kappa shape index (κ2) is 8.03. The molecule has 0 saturated carbocycles. The van der Waals surface area contributed by atoms with Crippen LogP contribution in [0.25, 0.3) is 0 Å². The lowest BCUT2D eigenvalue weighted by atomic mass is 10.2. The van der Waals surface area contributed by atoms with Crippen LogP contribution in [0.4, 0.5) is 5.69 Å². The number of anilines is 1. The summed E-state index contributed by atoms with van der Waals surface area (Å²) in [6.45, 7) is 2.16. The van der Waals surface area contributed by atoms with Crippen LogP contribution in [0.1, 0.15) is 11.1 Å². The van der Waals surface area contributed by atoms with Gasteiger partial charge < -0.3 is 4.74 Å². The molecule has 3 rings (SSSR count). The predicted molar refractivity (Wildman–Crippen MR) is 109 cm³/mol.